The van der Waals surface area contributed by atoms with Gasteiger partial charge in [0.05, 0.1) is 0 Å². The third-order valence-electron chi connectivity index (χ3n) is 5.04. The molecule has 0 bridgehead atoms. The molecule has 0 saturated carbocycles. The van der Waals surface area contributed by atoms with Gasteiger partial charge in [0, 0.05) is 13.1 Å². The Hall–Kier alpha value is -3.35. The number of carbonyl (C=O) groups is 3. The number of hydrogen-bond donors (Lipinski definition) is 2. The lowest BCUT2D eigenvalue weighted by Crippen LogP contribution is -2.47. The first kappa shape index (κ1) is 25.9. The molecule has 7 nitrogen and oxygen atoms in total. The van der Waals surface area contributed by atoms with E-state index in [4.69, 9.17) is 4.74 Å². The standard InChI is InChI=1S/C26H35N3O4/c1-7-29(22(30)17-28-25(32)33-26(4,5)6)23(21-15-18(2)13-14-19(21)3)24(31)27-16-20-11-9-8-10-12-20/h8-15,23H,7,16-17H2,1-6H3,(H,27,31)(H,28,32). The molecule has 0 spiro atoms. The van der Waals surface area contributed by atoms with Gasteiger partial charge in [-0.2, -0.15) is 0 Å². The molecule has 2 N–H and O–H groups in total. The molecule has 2 aromatic carbocycles. The minimum absolute atomic E-state index is 0.268. The van der Waals surface area contributed by atoms with Crippen molar-refractivity contribution < 1.29 is 19.1 Å². The molecule has 7 heteroatoms. The van der Waals surface area contributed by atoms with Crippen LogP contribution in [-0.2, 0) is 20.9 Å². The van der Waals surface area contributed by atoms with Gasteiger partial charge in [0.1, 0.15) is 18.2 Å². The predicted octanol–water partition coefficient (Wildman–Crippen LogP) is 4.03. The molecule has 0 heterocycles. The zero-order valence-electron chi connectivity index (χ0n) is 20.4. The first-order valence-corrected chi connectivity index (χ1v) is 11.2. The number of ether oxygens (including phenoxy) is 1. The minimum atomic E-state index is -0.827. The van der Waals surface area contributed by atoms with E-state index in [0.717, 1.165) is 22.3 Å². The fourth-order valence-corrected chi connectivity index (χ4v) is 3.45. The quantitative estimate of drug-likeness (QED) is 0.632. The highest BCUT2D eigenvalue weighted by molar-refractivity contribution is 5.90. The van der Waals surface area contributed by atoms with Gasteiger partial charge >= 0.3 is 6.09 Å². The Bertz CT molecular complexity index is 967. The summed E-state index contributed by atoms with van der Waals surface area (Å²) in [5.41, 5.74) is 2.95. The Morgan fingerprint density at radius 2 is 1.67 bits per heavy atom. The van der Waals surface area contributed by atoms with Crippen LogP contribution in [0, 0.1) is 13.8 Å². The summed E-state index contributed by atoms with van der Waals surface area (Å²) in [4.78, 5) is 40.0. The topological polar surface area (TPSA) is 87.7 Å². The number of benzene rings is 2. The number of amides is 3. The molecule has 0 fully saturated rings. The van der Waals surface area contributed by atoms with Gasteiger partial charge in [0.2, 0.25) is 11.8 Å². The van der Waals surface area contributed by atoms with Gasteiger partial charge < -0.3 is 20.3 Å². The van der Waals surface area contributed by atoms with E-state index in [0.29, 0.717) is 13.1 Å². The summed E-state index contributed by atoms with van der Waals surface area (Å²) in [6.07, 6.45) is -0.677. The highest BCUT2D eigenvalue weighted by Crippen LogP contribution is 2.26. The van der Waals surface area contributed by atoms with E-state index in [1.165, 1.54) is 4.90 Å². The molecule has 0 saturated heterocycles. The van der Waals surface area contributed by atoms with E-state index in [1.807, 2.05) is 69.3 Å². The highest BCUT2D eigenvalue weighted by Gasteiger charge is 2.32. The number of nitrogens with zero attached hydrogens (tertiary/aromatic N) is 1. The molecular formula is C26H35N3O4. The molecule has 0 aromatic heterocycles. The van der Waals surface area contributed by atoms with Crippen molar-refractivity contribution in [3.8, 4) is 0 Å². The normalized spacial score (nSPS) is 11.9. The third-order valence-corrected chi connectivity index (χ3v) is 5.04. The highest BCUT2D eigenvalue weighted by atomic mass is 16.6. The fraction of sp³-hybridized carbons (Fsp3) is 0.423. The maximum Gasteiger partial charge on any atom is 0.408 e. The first-order chi connectivity index (χ1) is 15.5. The van der Waals surface area contributed by atoms with Crippen molar-refractivity contribution in [2.75, 3.05) is 13.1 Å². The van der Waals surface area contributed by atoms with Crippen LogP contribution in [0.15, 0.2) is 48.5 Å². The van der Waals surface area contributed by atoms with Crippen molar-refractivity contribution in [1.29, 1.82) is 0 Å². The second-order valence-corrected chi connectivity index (χ2v) is 9.00. The average molecular weight is 454 g/mol. The van der Waals surface area contributed by atoms with Crippen LogP contribution in [0.2, 0.25) is 0 Å². The Kier molecular flexibility index (Phi) is 9.02. The maximum atomic E-state index is 13.4. The van der Waals surface area contributed by atoms with Crippen LogP contribution in [0.3, 0.4) is 0 Å². The SMILES string of the molecule is CCN(C(=O)CNC(=O)OC(C)(C)C)C(C(=O)NCc1ccccc1)c1cc(C)ccc1C. The molecule has 2 rings (SSSR count). The van der Waals surface area contributed by atoms with Crippen LogP contribution in [0.25, 0.3) is 0 Å². The van der Waals surface area contributed by atoms with Crippen molar-refractivity contribution in [2.24, 2.45) is 0 Å². The van der Waals surface area contributed by atoms with Crippen molar-refractivity contribution in [3.05, 3.63) is 70.8 Å². The number of carbonyl (C=O) groups excluding carboxylic acids is 3. The third kappa shape index (κ3) is 7.93. The Labute approximate surface area is 196 Å². The summed E-state index contributed by atoms with van der Waals surface area (Å²) >= 11 is 0. The number of alkyl carbamates (subject to hydrolysis) is 1. The zero-order chi connectivity index (χ0) is 24.6. The molecule has 178 valence electrons. The summed E-state index contributed by atoms with van der Waals surface area (Å²) in [7, 11) is 0. The van der Waals surface area contributed by atoms with E-state index in [9.17, 15) is 14.4 Å². The smallest absolute Gasteiger partial charge is 0.408 e. The van der Waals surface area contributed by atoms with E-state index in [2.05, 4.69) is 10.6 Å². The van der Waals surface area contributed by atoms with Gasteiger partial charge in [-0.05, 0) is 58.2 Å². The Balaban J connectivity index is 2.26. The Morgan fingerprint density at radius 1 is 1.00 bits per heavy atom. The summed E-state index contributed by atoms with van der Waals surface area (Å²) in [5, 5.41) is 5.46. The van der Waals surface area contributed by atoms with E-state index in [-0.39, 0.29) is 18.4 Å². The van der Waals surface area contributed by atoms with Gasteiger partial charge in [0.15, 0.2) is 0 Å². The summed E-state index contributed by atoms with van der Waals surface area (Å²) in [6.45, 7) is 11.3. The number of likely N-dealkylation sites (N-methyl/N-ethyl adjacent to an activating group) is 1. The lowest BCUT2D eigenvalue weighted by Gasteiger charge is -2.32. The molecule has 0 aliphatic rings. The van der Waals surface area contributed by atoms with Gasteiger partial charge in [-0.1, -0.05) is 54.1 Å². The minimum Gasteiger partial charge on any atom is -0.444 e. The molecule has 0 aliphatic heterocycles. The van der Waals surface area contributed by atoms with Crippen LogP contribution in [0.1, 0.15) is 56.0 Å². The maximum absolute atomic E-state index is 13.4. The second kappa shape index (κ2) is 11.5. The summed E-state index contributed by atoms with van der Waals surface area (Å²) < 4.78 is 5.22. The summed E-state index contributed by atoms with van der Waals surface area (Å²) in [5.74, 6) is -0.649. The van der Waals surface area contributed by atoms with Crippen molar-refractivity contribution in [3.63, 3.8) is 0 Å². The van der Waals surface area contributed by atoms with Gasteiger partial charge in [-0.15, -0.1) is 0 Å². The lowest BCUT2D eigenvalue weighted by atomic mass is 9.96. The largest absolute Gasteiger partial charge is 0.444 e. The lowest BCUT2D eigenvalue weighted by molar-refractivity contribution is -0.140. The molecular weight excluding hydrogens is 418 g/mol. The molecule has 2 aromatic rings. The second-order valence-electron chi connectivity index (χ2n) is 9.00. The van der Waals surface area contributed by atoms with Crippen molar-refractivity contribution in [1.82, 2.24) is 15.5 Å². The van der Waals surface area contributed by atoms with Crippen molar-refractivity contribution >= 4 is 17.9 Å². The van der Waals surface area contributed by atoms with Gasteiger partial charge in [-0.3, -0.25) is 9.59 Å². The Morgan fingerprint density at radius 3 is 2.27 bits per heavy atom. The van der Waals surface area contributed by atoms with Crippen LogP contribution in [0.5, 0.6) is 0 Å². The number of nitrogens with one attached hydrogen (secondary N) is 2. The molecule has 3 amide bonds. The molecule has 0 aliphatic carbocycles. The van der Waals surface area contributed by atoms with E-state index < -0.39 is 17.7 Å². The summed E-state index contributed by atoms with van der Waals surface area (Å²) in [6, 6.07) is 14.6. The molecule has 1 atom stereocenters. The van der Waals surface area contributed by atoms with Crippen LogP contribution in [0.4, 0.5) is 4.79 Å². The first-order valence-electron chi connectivity index (χ1n) is 11.2. The van der Waals surface area contributed by atoms with Crippen molar-refractivity contribution in [2.45, 2.75) is 59.7 Å². The molecule has 33 heavy (non-hydrogen) atoms. The van der Waals surface area contributed by atoms with E-state index in [1.54, 1.807) is 20.8 Å². The number of hydrogen-bond acceptors (Lipinski definition) is 4. The monoisotopic (exact) mass is 453 g/mol. The fourth-order valence-electron chi connectivity index (χ4n) is 3.45. The molecule has 0 radical (unpaired) electrons. The van der Waals surface area contributed by atoms with Crippen LogP contribution < -0.4 is 10.6 Å². The van der Waals surface area contributed by atoms with Crippen LogP contribution in [-0.4, -0.2) is 41.5 Å². The average Bonchev–Trinajstić information content (AvgIpc) is 2.75. The van der Waals surface area contributed by atoms with Crippen LogP contribution >= 0.6 is 0 Å². The predicted molar refractivity (Wildman–Crippen MR) is 129 cm³/mol. The van der Waals surface area contributed by atoms with Gasteiger partial charge in [0.25, 0.3) is 0 Å². The zero-order valence-corrected chi connectivity index (χ0v) is 20.4. The number of aryl methyl sites for hydroxylation is 2. The molecule has 1 unspecified atom stereocenters. The number of rotatable bonds is 8. The van der Waals surface area contributed by atoms with E-state index >= 15 is 0 Å². The van der Waals surface area contributed by atoms with Gasteiger partial charge in [-0.25, -0.2) is 4.79 Å².